The molecule has 0 heterocycles. The second-order valence-electron chi connectivity index (χ2n) is 0.861. The van der Waals surface area contributed by atoms with Crippen molar-refractivity contribution in [3.05, 3.63) is 0 Å². The van der Waals surface area contributed by atoms with Gasteiger partial charge in [0.15, 0.2) is 0 Å². The van der Waals surface area contributed by atoms with Gasteiger partial charge in [-0.1, -0.05) is 0 Å². The number of carboxylic acids is 1. The minimum atomic E-state index is -1.38. The van der Waals surface area contributed by atoms with Crippen LogP contribution in [-0.4, -0.2) is 35.7 Å². The van der Waals surface area contributed by atoms with E-state index in [1.165, 1.54) is 0 Å². The average Bonchev–Trinajstić information content (AvgIpc) is 1.36. The van der Waals surface area contributed by atoms with E-state index in [-0.39, 0.29) is 18.9 Å². The molecule has 0 rings (SSSR count). The standard InChI is InChI=1S/C3H4O3.Li.H/c1-2(4)3(5)6;;/h1H3,(H,5,6);;. The Labute approximate surface area is 52.9 Å². The Morgan fingerprint density at radius 2 is 1.57 bits per heavy atom. The molecule has 7 heavy (non-hydrogen) atoms. The van der Waals surface area contributed by atoms with Crippen LogP contribution in [-0.2, 0) is 9.59 Å². The van der Waals surface area contributed by atoms with Gasteiger partial charge in [-0.15, -0.1) is 0 Å². The van der Waals surface area contributed by atoms with Gasteiger partial charge in [-0.2, -0.15) is 0 Å². The van der Waals surface area contributed by atoms with Gasteiger partial charge in [0.05, 0.1) is 0 Å². The summed E-state index contributed by atoms with van der Waals surface area (Å²) < 4.78 is 0. The molecule has 0 radical (unpaired) electrons. The third kappa shape index (κ3) is 5.74. The number of carbonyl (C=O) groups excluding carboxylic acids is 1. The van der Waals surface area contributed by atoms with E-state index >= 15 is 0 Å². The molecule has 1 N–H and O–H groups in total. The zero-order valence-corrected chi connectivity index (χ0v) is 3.26. The van der Waals surface area contributed by atoms with E-state index in [1.807, 2.05) is 0 Å². The number of carbonyl (C=O) groups is 2. The first-order valence-corrected chi connectivity index (χ1v) is 1.38. The molecule has 0 fully saturated rings. The number of hydrogen-bond donors (Lipinski definition) is 1. The van der Waals surface area contributed by atoms with Crippen molar-refractivity contribution < 1.29 is 14.7 Å². The van der Waals surface area contributed by atoms with Crippen LogP contribution in [0.3, 0.4) is 0 Å². The van der Waals surface area contributed by atoms with Crippen molar-refractivity contribution >= 4 is 30.6 Å². The summed E-state index contributed by atoms with van der Waals surface area (Å²) in [7, 11) is 0. The molecular weight excluding hydrogens is 91.0 g/mol. The normalized spacial score (nSPS) is 6.43. The van der Waals surface area contributed by atoms with Gasteiger partial charge in [0.1, 0.15) is 0 Å². The zero-order valence-electron chi connectivity index (χ0n) is 3.26. The van der Waals surface area contributed by atoms with E-state index in [9.17, 15) is 9.59 Å². The molecule has 0 aliphatic rings. The summed E-state index contributed by atoms with van der Waals surface area (Å²) in [6, 6.07) is 0. The number of aliphatic carboxylic acids is 1. The summed E-state index contributed by atoms with van der Waals surface area (Å²) in [6.45, 7) is 1.00. The van der Waals surface area contributed by atoms with Gasteiger partial charge in [0, 0.05) is 6.92 Å². The average molecular weight is 96.0 g/mol. The van der Waals surface area contributed by atoms with Crippen molar-refractivity contribution in [2.24, 2.45) is 0 Å². The summed E-state index contributed by atoms with van der Waals surface area (Å²) >= 11 is 0. The van der Waals surface area contributed by atoms with Gasteiger partial charge in [0.2, 0.25) is 5.78 Å². The Bertz CT molecular complexity index is 76.2. The topological polar surface area (TPSA) is 54.4 Å². The Kier molecular flexibility index (Phi) is 5.52. The van der Waals surface area contributed by atoms with Crippen LogP contribution in [0.25, 0.3) is 0 Å². The van der Waals surface area contributed by atoms with Gasteiger partial charge in [-0.25, -0.2) is 4.79 Å². The van der Waals surface area contributed by atoms with Gasteiger partial charge < -0.3 is 5.11 Å². The van der Waals surface area contributed by atoms with Crippen molar-refractivity contribution in [3.63, 3.8) is 0 Å². The Morgan fingerprint density at radius 3 is 1.57 bits per heavy atom. The fourth-order valence-corrected chi connectivity index (χ4v) is 0. The maximum absolute atomic E-state index is 9.54. The van der Waals surface area contributed by atoms with Gasteiger partial charge in [0.25, 0.3) is 0 Å². The molecule has 0 amide bonds. The molecular formula is C3H5LiO3. The van der Waals surface area contributed by atoms with E-state index in [0.717, 1.165) is 6.92 Å². The fraction of sp³-hybridized carbons (Fsp3) is 0.333. The van der Waals surface area contributed by atoms with E-state index in [0.29, 0.717) is 0 Å². The quantitative estimate of drug-likeness (QED) is 0.337. The van der Waals surface area contributed by atoms with E-state index < -0.39 is 11.8 Å². The summed E-state index contributed by atoms with van der Waals surface area (Å²) in [4.78, 5) is 18.9. The fourth-order valence-electron chi connectivity index (χ4n) is 0. The second-order valence-corrected chi connectivity index (χ2v) is 0.861. The molecule has 36 valence electrons. The van der Waals surface area contributed by atoms with E-state index in [1.54, 1.807) is 0 Å². The molecule has 0 aliphatic heterocycles. The summed E-state index contributed by atoms with van der Waals surface area (Å²) in [6.07, 6.45) is 0. The molecule has 0 aromatic rings. The number of ketones is 1. The zero-order chi connectivity index (χ0) is 5.15. The molecule has 0 unspecified atom stereocenters. The molecule has 3 nitrogen and oxygen atoms in total. The summed E-state index contributed by atoms with van der Waals surface area (Å²) in [5.41, 5.74) is 0. The Balaban J connectivity index is 0. The van der Waals surface area contributed by atoms with Crippen LogP contribution in [0.15, 0.2) is 0 Å². The monoisotopic (exact) mass is 96.0 g/mol. The van der Waals surface area contributed by atoms with Crippen molar-refractivity contribution in [1.29, 1.82) is 0 Å². The first kappa shape index (κ1) is 9.88. The Hall–Kier alpha value is -0.263. The molecule has 0 aromatic carbocycles. The van der Waals surface area contributed by atoms with Crippen molar-refractivity contribution in [2.75, 3.05) is 0 Å². The summed E-state index contributed by atoms with van der Waals surface area (Å²) in [5.74, 6) is -2.20. The van der Waals surface area contributed by atoms with Crippen molar-refractivity contribution in [3.8, 4) is 0 Å². The van der Waals surface area contributed by atoms with Crippen LogP contribution in [0.1, 0.15) is 6.92 Å². The Morgan fingerprint density at radius 1 is 1.43 bits per heavy atom. The predicted octanol–water partition coefficient (Wildman–Crippen LogP) is -0.989. The van der Waals surface area contributed by atoms with Crippen LogP contribution in [0.4, 0.5) is 0 Å². The number of carboxylic acid groups (broad SMARTS) is 1. The first-order valence-electron chi connectivity index (χ1n) is 1.38. The number of rotatable bonds is 1. The van der Waals surface area contributed by atoms with Crippen LogP contribution in [0.5, 0.6) is 0 Å². The SMILES string of the molecule is CC(=O)C(=O)O.[LiH]. The minimum absolute atomic E-state index is 0. The van der Waals surface area contributed by atoms with Gasteiger partial charge in [-0.05, 0) is 0 Å². The molecule has 0 aliphatic carbocycles. The maximum atomic E-state index is 9.54. The molecule has 0 atom stereocenters. The second kappa shape index (κ2) is 3.91. The van der Waals surface area contributed by atoms with Crippen LogP contribution in [0, 0.1) is 0 Å². The third-order valence-electron chi connectivity index (χ3n) is 0.301. The molecule has 0 bridgehead atoms. The van der Waals surface area contributed by atoms with Crippen molar-refractivity contribution in [2.45, 2.75) is 6.92 Å². The van der Waals surface area contributed by atoms with Gasteiger partial charge in [-0.3, -0.25) is 4.79 Å². The first-order chi connectivity index (χ1) is 2.64. The number of hydrogen-bond acceptors (Lipinski definition) is 2. The van der Waals surface area contributed by atoms with Crippen LogP contribution in [0.2, 0.25) is 0 Å². The van der Waals surface area contributed by atoms with Crippen molar-refractivity contribution in [1.82, 2.24) is 0 Å². The molecule has 0 saturated carbocycles. The van der Waals surface area contributed by atoms with E-state index in [4.69, 9.17) is 5.11 Å². The van der Waals surface area contributed by atoms with E-state index in [2.05, 4.69) is 0 Å². The van der Waals surface area contributed by atoms with Crippen LogP contribution >= 0.6 is 0 Å². The van der Waals surface area contributed by atoms with Crippen LogP contribution < -0.4 is 0 Å². The molecule has 0 aromatic heterocycles. The predicted molar refractivity (Wildman–Crippen MR) is 25.5 cm³/mol. The van der Waals surface area contributed by atoms with Gasteiger partial charge >= 0.3 is 24.8 Å². The summed E-state index contributed by atoms with van der Waals surface area (Å²) in [5, 5.41) is 7.64. The molecule has 0 spiro atoms. The molecule has 0 saturated heterocycles. The number of Topliss-reactive ketones (excluding diaryl/α,β-unsaturated/α-hetero) is 1. The molecule has 4 heteroatoms. The third-order valence-corrected chi connectivity index (χ3v) is 0.301.